The molecule has 0 spiro atoms. The van der Waals surface area contributed by atoms with Crippen LogP contribution in [0.25, 0.3) is 56.0 Å². The molecule has 0 aliphatic heterocycles. The topological polar surface area (TPSA) is 96.0 Å². The van der Waals surface area contributed by atoms with Crippen LogP contribution in [0.2, 0.25) is 0 Å². The van der Waals surface area contributed by atoms with Gasteiger partial charge in [0.25, 0.3) is 0 Å². The summed E-state index contributed by atoms with van der Waals surface area (Å²) in [5, 5.41) is 8.19. The second-order valence-corrected chi connectivity index (χ2v) is 7.05. The first-order valence-electron chi connectivity index (χ1n) is 9.62. The predicted octanol–water partition coefficient (Wildman–Crippen LogP) is 4.76. The van der Waals surface area contributed by atoms with Crippen LogP contribution in [0.3, 0.4) is 0 Å². The summed E-state index contributed by atoms with van der Waals surface area (Å²) in [5.41, 5.74) is 5.50. The minimum atomic E-state index is -0.309. The number of aromatic amines is 2. The average Bonchev–Trinajstić information content (AvgIpc) is 3.43. The summed E-state index contributed by atoms with van der Waals surface area (Å²) in [7, 11) is 0. The van der Waals surface area contributed by atoms with Crippen molar-refractivity contribution in [1.29, 1.82) is 0 Å². The van der Waals surface area contributed by atoms with Crippen molar-refractivity contribution < 1.29 is 4.39 Å². The maximum absolute atomic E-state index is 14.4. The van der Waals surface area contributed by atoms with Crippen molar-refractivity contribution >= 4 is 22.2 Å². The molecule has 0 amide bonds. The summed E-state index contributed by atoms with van der Waals surface area (Å²) < 4.78 is 14.4. The lowest BCUT2D eigenvalue weighted by Crippen LogP contribution is -1.87. The summed E-state index contributed by atoms with van der Waals surface area (Å²) >= 11 is 0. The van der Waals surface area contributed by atoms with Crippen LogP contribution in [-0.4, -0.2) is 35.1 Å². The van der Waals surface area contributed by atoms with Crippen LogP contribution in [0.15, 0.2) is 73.3 Å². The predicted molar refractivity (Wildman–Crippen MR) is 115 cm³/mol. The van der Waals surface area contributed by atoms with Crippen molar-refractivity contribution in [3.05, 3.63) is 79.1 Å². The first-order valence-corrected chi connectivity index (χ1v) is 9.62. The van der Waals surface area contributed by atoms with Gasteiger partial charge in [0.1, 0.15) is 17.0 Å². The third-order valence-electron chi connectivity index (χ3n) is 5.20. The number of nitrogens with one attached hydrogen (secondary N) is 2. The lowest BCUT2D eigenvalue weighted by atomic mass is 10.1. The number of imidazole rings is 1. The highest BCUT2D eigenvalue weighted by atomic mass is 19.1. The number of halogens is 1. The minimum absolute atomic E-state index is 0.309. The normalized spacial score (nSPS) is 11.4. The minimum Gasteiger partial charge on any atom is -0.321 e. The van der Waals surface area contributed by atoms with E-state index in [-0.39, 0.29) is 5.82 Å². The van der Waals surface area contributed by atoms with Crippen molar-refractivity contribution in [3.8, 4) is 33.8 Å². The van der Waals surface area contributed by atoms with Gasteiger partial charge in [0, 0.05) is 41.5 Å². The molecule has 0 saturated carbocycles. The summed E-state index contributed by atoms with van der Waals surface area (Å²) in [5.74, 6) is 0.224. The number of aromatic nitrogens is 7. The van der Waals surface area contributed by atoms with Gasteiger partial charge in [0.2, 0.25) is 0 Å². The van der Waals surface area contributed by atoms with E-state index in [4.69, 9.17) is 4.98 Å². The van der Waals surface area contributed by atoms with Crippen LogP contribution in [0.5, 0.6) is 0 Å². The van der Waals surface area contributed by atoms with Gasteiger partial charge in [-0.1, -0.05) is 18.2 Å². The molecule has 6 rings (SSSR count). The van der Waals surface area contributed by atoms with Gasteiger partial charge in [-0.15, -0.1) is 0 Å². The fourth-order valence-electron chi connectivity index (χ4n) is 3.71. The molecule has 0 fully saturated rings. The lowest BCUT2D eigenvalue weighted by Gasteiger charge is -2.03. The molecule has 5 heterocycles. The van der Waals surface area contributed by atoms with E-state index in [9.17, 15) is 4.39 Å². The van der Waals surface area contributed by atoms with Gasteiger partial charge in [0.15, 0.2) is 17.1 Å². The summed E-state index contributed by atoms with van der Waals surface area (Å²) in [4.78, 5) is 20.9. The smallest absolute Gasteiger partial charge is 0.161 e. The first kappa shape index (κ1) is 17.4. The Morgan fingerprint density at radius 2 is 1.68 bits per heavy atom. The van der Waals surface area contributed by atoms with Crippen molar-refractivity contribution in [3.63, 3.8) is 0 Å². The van der Waals surface area contributed by atoms with Gasteiger partial charge in [0.05, 0.1) is 5.39 Å². The van der Waals surface area contributed by atoms with Crippen molar-refractivity contribution in [2.24, 2.45) is 0 Å². The Morgan fingerprint density at radius 1 is 0.806 bits per heavy atom. The van der Waals surface area contributed by atoms with E-state index >= 15 is 0 Å². The monoisotopic (exact) mass is 407 g/mol. The fraction of sp³-hybridized carbons (Fsp3) is 0. The molecule has 0 saturated heterocycles. The molecular weight excluding hydrogens is 393 g/mol. The van der Waals surface area contributed by atoms with Gasteiger partial charge in [-0.25, -0.2) is 19.3 Å². The zero-order chi connectivity index (χ0) is 20.8. The highest BCUT2D eigenvalue weighted by Crippen LogP contribution is 2.32. The molecule has 148 valence electrons. The van der Waals surface area contributed by atoms with Gasteiger partial charge < -0.3 is 4.98 Å². The van der Waals surface area contributed by atoms with Gasteiger partial charge in [-0.2, -0.15) is 5.10 Å². The SMILES string of the molecule is Fc1ccccc1-c1ccnc2[nH]c(-c3n[nH]c4ncc(-c5ccncc5)cc34)nc12. The lowest BCUT2D eigenvalue weighted by molar-refractivity contribution is 0.631. The third-order valence-corrected chi connectivity index (χ3v) is 5.20. The molecule has 0 radical (unpaired) electrons. The van der Waals surface area contributed by atoms with Gasteiger partial charge >= 0.3 is 0 Å². The maximum atomic E-state index is 14.4. The molecule has 0 aliphatic rings. The number of rotatable bonds is 3. The summed E-state index contributed by atoms with van der Waals surface area (Å²) in [6, 6.07) is 14.2. The Balaban J connectivity index is 1.53. The maximum Gasteiger partial charge on any atom is 0.161 e. The number of benzene rings is 1. The van der Waals surface area contributed by atoms with E-state index in [1.54, 1.807) is 49.1 Å². The van der Waals surface area contributed by atoms with E-state index in [2.05, 4.69) is 30.1 Å². The molecule has 0 bridgehead atoms. The average molecular weight is 407 g/mol. The molecule has 5 aromatic heterocycles. The zero-order valence-electron chi connectivity index (χ0n) is 16.0. The standard InChI is InChI=1S/C23H14FN7/c24-18-4-2-1-3-15(18)16-7-10-26-22-19(16)28-23(29-22)20-17-11-14(12-27-21(17)31-30-20)13-5-8-25-9-6-13/h1-12H,(H,26,28,29)(H,27,30,31). The van der Waals surface area contributed by atoms with Crippen molar-refractivity contribution in [2.45, 2.75) is 0 Å². The van der Waals surface area contributed by atoms with Crippen molar-refractivity contribution in [2.75, 3.05) is 0 Å². The Kier molecular flexibility index (Phi) is 3.82. The van der Waals surface area contributed by atoms with E-state index < -0.39 is 0 Å². The highest BCUT2D eigenvalue weighted by Gasteiger charge is 2.17. The van der Waals surface area contributed by atoms with Crippen LogP contribution >= 0.6 is 0 Å². The first-order chi connectivity index (χ1) is 15.3. The number of fused-ring (bicyclic) bond motifs is 2. The molecule has 0 aliphatic carbocycles. The Bertz CT molecular complexity index is 1550. The molecule has 0 unspecified atom stereocenters. The zero-order valence-corrected chi connectivity index (χ0v) is 16.0. The molecule has 8 heteroatoms. The fourth-order valence-corrected chi connectivity index (χ4v) is 3.71. The molecule has 2 N–H and O–H groups in total. The second kappa shape index (κ2) is 6.81. The Morgan fingerprint density at radius 3 is 2.55 bits per heavy atom. The van der Waals surface area contributed by atoms with Crippen LogP contribution in [0, 0.1) is 5.82 Å². The largest absolute Gasteiger partial charge is 0.321 e. The number of nitrogens with zero attached hydrogens (tertiary/aromatic N) is 5. The van der Waals surface area contributed by atoms with Gasteiger partial charge in [-0.3, -0.25) is 10.1 Å². The van der Waals surface area contributed by atoms with Crippen molar-refractivity contribution in [1.82, 2.24) is 35.1 Å². The van der Waals surface area contributed by atoms with Crippen LogP contribution < -0.4 is 0 Å². The van der Waals surface area contributed by atoms with Crippen LogP contribution in [0.1, 0.15) is 0 Å². The number of hydrogen-bond acceptors (Lipinski definition) is 5. The molecular formula is C23H14FN7. The molecule has 0 atom stereocenters. The number of pyridine rings is 3. The van der Waals surface area contributed by atoms with Crippen LogP contribution in [0.4, 0.5) is 4.39 Å². The van der Waals surface area contributed by atoms with Crippen LogP contribution in [-0.2, 0) is 0 Å². The van der Waals surface area contributed by atoms with E-state index in [1.807, 2.05) is 18.2 Å². The molecule has 7 nitrogen and oxygen atoms in total. The van der Waals surface area contributed by atoms with E-state index in [0.717, 1.165) is 16.5 Å². The quantitative estimate of drug-likeness (QED) is 0.441. The molecule has 31 heavy (non-hydrogen) atoms. The molecule has 6 aromatic rings. The number of H-pyrrole nitrogens is 2. The van der Waals surface area contributed by atoms with Gasteiger partial charge in [-0.05, 0) is 35.9 Å². The molecule has 1 aromatic carbocycles. The number of hydrogen-bond donors (Lipinski definition) is 2. The Labute approximate surface area is 175 Å². The Hall–Kier alpha value is -4.46. The van der Waals surface area contributed by atoms with E-state index in [1.165, 1.54) is 6.07 Å². The third kappa shape index (κ3) is 2.84. The summed E-state index contributed by atoms with van der Waals surface area (Å²) in [6.45, 7) is 0. The highest BCUT2D eigenvalue weighted by molar-refractivity contribution is 5.96. The summed E-state index contributed by atoms with van der Waals surface area (Å²) in [6.07, 6.45) is 6.91. The van der Waals surface area contributed by atoms with E-state index in [0.29, 0.717) is 39.5 Å². The second-order valence-electron chi connectivity index (χ2n) is 7.05.